The number of thiazole rings is 1. The predicted octanol–water partition coefficient (Wildman–Crippen LogP) is 5.91. The Balaban J connectivity index is 1.54. The molecule has 4 aromatic rings. The first-order valence-electron chi connectivity index (χ1n) is 10.2. The van der Waals surface area contributed by atoms with Crippen LogP contribution < -0.4 is 10.6 Å². The lowest BCUT2D eigenvalue weighted by molar-refractivity contribution is -0.113. The van der Waals surface area contributed by atoms with Crippen LogP contribution >= 0.6 is 27.3 Å². The van der Waals surface area contributed by atoms with Crippen LogP contribution in [-0.4, -0.2) is 16.8 Å². The van der Waals surface area contributed by atoms with E-state index in [0.29, 0.717) is 10.7 Å². The number of halogens is 1. The van der Waals surface area contributed by atoms with E-state index in [4.69, 9.17) is 0 Å². The van der Waals surface area contributed by atoms with Gasteiger partial charge < -0.3 is 5.32 Å². The van der Waals surface area contributed by atoms with Gasteiger partial charge in [0.2, 0.25) is 0 Å². The zero-order valence-corrected chi connectivity index (χ0v) is 19.9. The second-order valence-corrected chi connectivity index (χ2v) is 9.02. The van der Waals surface area contributed by atoms with Gasteiger partial charge >= 0.3 is 0 Å². The standard InChI is InChI=1S/C26H20BrN3O2S/c27-22-12-10-19(11-13-22)16-18-6-8-20(9-7-18)17-23(25(32)30-26-28-14-15-33-26)29-24(31)21-4-2-1-3-5-21/h1-15,17H,16H2,(H,29,31)(H,28,30,32)/b23-17+. The lowest BCUT2D eigenvalue weighted by Crippen LogP contribution is -2.30. The van der Waals surface area contributed by atoms with Gasteiger partial charge in [0.15, 0.2) is 5.13 Å². The van der Waals surface area contributed by atoms with Crippen molar-refractivity contribution in [2.45, 2.75) is 6.42 Å². The Labute approximate surface area is 204 Å². The topological polar surface area (TPSA) is 71.1 Å². The van der Waals surface area contributed by atoms with E-state index >= 15 is 0 Å². The van der Waals surface area contributed by atoms with Crippen LogP contribution in [-0.2, 0) is 11.2 Å². The van der Waals surface area contributed by atoms with Crippen LogP contribution in [0.3, 0.4) is 0 Å². The predicted molar refractivity (Wildman–Crippen MR) is 136 cm³/mol. The molecule has 2 N–H and O–H groups in total. The molecule has 3 aromatic carbocycles. The number of nitrogens with zero attached hydrogens (tertiary/aromatic N) is 1. The monoisotopic (exact) mass is 517 g/mol. The Kier molecular flexibility index (Phi) is 7.44. The highest BCUT2D eigenvalue weighted by atomic mass is 79.9. The Morgan fingerprint density at radius 2 is 1.58 bits per heavy atom. The number of hydrogen-bond acceptors (Lipinski definition) is 4. The van der Waals surface area contributed by atoms with Crippen LogP contribution in [0.25, 0.3) is 6.08 Å². The fourth-order valence-electron chi connectivity index (χ4n) is 3.13. The van der Waals surface area contributed by atoms with Gasteiger partial charge in [-0.3, -0.25) is 14.9 Å². The average molecular weight is 518 g/mol. The fourth-order valence-corrected chi connectivity index (χ4v) is 3.92. The maximum atomic E-state index is 12.9. The quantitative estimate of drug-likeness (QED) is 0.299. The van der Waals surface area contributed by atoms with E-state index < -0.39 is 5.91 Å². The van der Waals surface area contributed by atoms with Crippen molar-refractivity contribution in [2.75, 3.05) is 5.32 Å². The number of anilines is 1. The van der Waals surface area contributed by atoms with Gasteiger partial charge in [-0.1, -0.05) is 70.5 Å². The van der Waals surface area contributed by atoms with Gasteiger partial charge in [0.05, 0.1) is 0 Å². The van der Waals surface area contributed by atoms with Gasteiger partial charge in [0.1, 0.15) is 5.70 Å². The zero-order valence-electron chi connectivity index (χ0n) is 17.5. The Bertz CT molecular complexity index is 1250. The van der Waals surface area contributed by atoms with Crippen molar-refractivity contribution < 1.29 is 9.59 Å². The van der Waals surface area contributed by atoms with E-state index in [1.807, 2.05) is 42.5 Å². The lowest BCUT2D eigenvalue weighted by Gasteiger charge is -2.10. The van der Waals surface area contributed by atoms with E-state index in [1.54, 1.807) is 41.9 Å². The maximum Gasteiger partial charge on any atom is 0.273 e. The van der Waals surface area contributed by atoms with Gasteiger partial charge in [-0.15, -0.1) is 11.3 Å². The molecular formula is C26H20BrN3O2S. The second-order valence-electron chi connectivity index (χ2n) is 7.21. The normalized spacial score (nSPS) is 11.1. The molecule has 0 radical (unpaired) electrons. The molecule has 0 spiro atoms. The van der Waals surface area contributed by atoms with Crippen molar-refractivity contribution in [3.05, 3.63) is 123 Å². The highest BCUT2D eigenvalue weighted by Crippen LogP contribution is 2.17. The molecule has 0 atom stereocenters. The summed E-state index contributed by atoms with van der Waals surface area (Å²) in [6.07, 6.45) is 4.07. The molecule has 0 unspecified atom stereocenters. The molecule has 0 saturated carbocycles. The first-order chi connectivity index (χ1) is 16.1. The van der Waals surface area contributed by atoms with Crippen LogP contribution in [0.2, 0.25) is 0 Å². The number of hydrogen-bond donors (Lipinski definition) is 2. The Morgan fingerprint density at radius 1 is 0.909 bits per heavy atom. The zero-order chi connectivity index (χ0) is 23.0. The van der Waals surface area contributed by atoms with Crippen LogP contribution in [0.1, 0.15) is 27.0 Å². The molecule has 2 amide bonds. The minimum Gasteiger partial charge on any atom is -0.317 e. The van der Waals surface area contributed by atoms with Crippen molar-refractivity contribution in [3.8, 4) is 0 Å². The summed E-state index contributed by atoms with van der Waals surface area (Å²) in [4.78, 5) is 29.7. The summed E-state index contributed by atoms with van der Waals surface area (Å²) >= 11 is 4.76. The van der Waals surface area contributed by atoms with Gasteiger partial charge in [-0.2, -0.15) is 0 Å². The van der Waals surface area contributed by atoms with E-state index in [9.17, 15) is 9.59 Å². The molecule has 1 aromatic heterocycles. The smallest absolute Gasteiger partial charge is 0.273 e. The van der Waals surface area contributed by atoms with Gasteiger partial charge in [0, 0.05) is 21.6 Å². The van der Waals surface area contributed by atoms with E-state index in [2.05, 4.69) is 43.7 Å². The summed E-state index contributed by atoms with van der Waals surface area (Å²) in [7, 11) is 0. The summed E-state index contributed by atoms with van der Waals surface area (Å²) in [6.45, 7) is 0. The fraction of sp³-hybridized carbons (Fsp3) is 0.0385. The molecular weight excluding hydrogens is 498 g/mol. The van der Waals surface area contributed by atoms with E-state index in [-0.39, 0.29) is 11.6 Å². The number of nitrogens with one attached hydrogen (secondary N) is 2. The third-order valence-corrected chi connectivity index (χ3v) is 6.01. The molecule has 0 bridgehead atoms. The summed E-state index contributed by atoms with van der Waals surface area (Å²) in [5, 5.41) is 7.70. The van der Waals surface area contributed by atoms with E-state index in [1.165, 1.54) is 16.9 Å². The highest BCUT2D eigenvalue weighted by molar-refractivity contribution is 9.10. The van der Waals surface area contributed by atoms with Crippen molar-refractivity contribution in [3.63, 3.8) is 0 Å². The number of benzene rings is 3. The van der Waals surface area contributed by atoms with Crippen molar-refractivity contribution >= 4 is 50.3 Å². The van der Waals surface area contributed by atoms with Crippen LogP contribution in [0, 0.1) is 0 Å². The molecule has 1 heterocycles. The number of amides is 2. The first-order valence-corrected chi connectivity index (χ1v) is 11.9. The molecule has 0 aliphatic carbocycles. The molecule has 164 valence electrons. The van der Waals surface area contributed by atoms with Crippen molar-refractivity contribution in [1.82, 2.24) is 10.3 Å². The van der Waals surface area contributed by atoms with Gasteiger partial charge in [-0.25, -0.2) is 4.98 Å². The summed E-state index contributed by atoms with van der Waals surface area (Å²) < 4.78 is 1.05. The Hall–Kier alpha value is -3.55. The summed E-state index contributed by atoms with van der Waals surface area (Å²) in [6, 6.07) is 24.9. The average Bonchev–Trinajstić information content (AvgIpc) is 3.35. The van der Waals surface area contributed by atoms with E-state index in [0.717, 1.165) is 22.0 Å². The molecule has 0 saturated heterocycles. The van der Waals surface area contributed by atoms with Crippen molar-refractivity contribution in [1.29, 1.82) is 0 Å². The Morgan fingerprint density at radius 3 is 2.21 bits per heavy atom. The van der Waals surface area contributed by atoms with Crippen LogP contribution in [0.5, 0.6) is 0 Å². The number of carbonyl (C=O) groups excluding carboxylic acids is 2. The molecule has 33 heavy (non-hydrogen) atoms. The SMILES string of the molecule is O=C(Nc1nccs1)/C(=C\c1ccc(Cc2ccc(Br)cc2)cc1)NC(=O)c1ccccc1. The van der Waals surface area contributed by atoms with Crippen molar-refractivity contribution in [2.24, 2.45) is 0 Å². The van der Waals surface area contributed by atoms with Gasteiger partial charge in [0.25, 0.3) is 11.8 Å². The van der Waals surface area contributed by atoms with Gasteiger partial charge in [-0.05, 0) is 53.5 Å². The summed E-state index contributed by atoms with van der Waals surface area (Å²) in [5.74, 6) is -0.795. The molecule has 0 fully saturated rings. The molecule has 4 rings (SSSR count). The first kappa shape index (κ1) is 22.6. The number of aromatic nitrogens is 1. The third-order valence-electron chi connectivity index (χ3n) is 4.79. The second kappa shape index (κ2) is 10.8. The maximum absolute atomic E-state index is 12.9. The molecule has 0 aliphatic heterocycles. The minimum absolute atomic E-state index is 0.139. The molecule has 7 heteroatoms. The highest BCUT2D eigenvalue weighted by Gasteiger charge is 2.15. The minimum atomic E-state index is -0.437. The molecule has 0 aliphatic rings. The summed E-state index contributed by atoms with van der Waals surface area (Å²) in [5.41, 5.74) is 3.76. The van der Waals surface area contributed by atoms with Crippen LogP contribution in [0.4, 0.5) is 5.13 Å². The number of rotatable bonds is 7. The molecule has 5 nitrogen and oxygen atoms in total. The number of carbonyl (C=O) groups is 2. The largest absolute Gasteiger partial charge is 0.317 e. The lowest BCUT2D eigenvalue weighted by atomic mass is 10.0. The third kappa shape index (κ3) is 6.47. The van der Waals surface area contributed by atoms with Crippen LogP contribution in [0.15, 0.2) is 101 Å².